The fraction of sp³-hybridized carbons (Fsp3) is 0.267. The van der Waals surface area contributed by atoms with Crippen LogP contribution in [0.3, 0.4) is 0 Å². The van der Waals surface area contributed by atoms with Crippen molar-refractivity contribution >= 4 is 22.9 Å². The van der Waals surface area contributed by atoms with E-state index >= 15 is 0 Å². The first kappa shape index (κ1) is 13.6. The zero-order valence-electron chi connectivity index (χ0n) is 11.0. The molecule has 100 valence electrons. The van der Waals surface area contributed by atoms with Crippen molar-refractivity contribution in [2.24, 2.45) is 0 Å². The van der Waals surface area contributed by atoms with Gasteiger partial charge in [0.05, 0.1) is 5.56 Å². The lowest BCUT2D eigenvalue weighted by Crippen LogP contribution is -2.23. The van der Waals surface area contributed by atoms with Gasteiger partial charge >= 0.3 is 0 Å². The largest absolute Gasteiger partial charge is 0.384 e. The van der Waals surface area contributed by atoms with Crippen LogP contribution in [0, 0.1) is 0 Å². The summed E-state index contributed by atoms with van der Waals surface area (Å²) in [5.41, 5.74) is 2.73. The summed E-state index contributed by atoms with van der Waals surface area (Å²) in [6.07, 6.45) is 1.03. The summed E-state index contributed by atoms with van der Waals surface area (Å²) < 4.78 is 0. The normalized spacial score (nSPS) is 10.2. The monoisotopic (exact) mass is 274 g/mol. The minimum atomic E-state index is -0.0367. The van der Waals surface area contributed by atoms with E-state index in [0.717, 1.165) is 24.2 Å². The molecular weight excluding hydrogens is 256 g/mol. The number of hydrogen-bond donors (Lipinski definition) is 2. The molecule has 0 radical (unpaired) electrons. The zero-order chi connectivity index (χ0) is 13.5. The Bertz CT molecular complexity index is 523. The van der Waals surface area contributed by atoms with Gasteiger partial charge < -0.3 is 10.6 Å². The number of anilines is 1. The van der Waals surface area contributed by atoms with Crippen molar-refractivity contribution in [1.82, 2.24) is 5.32 Å². The molecule has 1 aromatic heterocycles. The standard InChI is InChI=1S/C15H18N2OS/c1-2-8-16-14-6-4-3-5-13(14)15(18)17-10-12-7-9-19-11-12/h3-7,9,11,16H,2,8,10H2,1H3,(H,17,18). The van der Waals surface area contributed by atoms with Gasteiger partial charge in [0.15, 0.2) is 0 Å². The third-order valence-corrected chi connectivity index (χ3v) is 3.50. The highest BCUT2D eigenvalue weighted by atomic mass is 32.1. The molecule has 0 unspecified atom stereocenters. The molecule has 4 heteroatoms. The van der Waals surface area contributed by atoms with Crippen LogP contribution < -0.4 is 10.6 Å². The fourth-order valence-corrected chi connectivity index (χ4v) is 2.43. The number of benzene rings is 1. The summed E-state index contributed by atoms with van der Waals surface area (Å²) in [5.74, 6) is -0.0367. The van der Waals surface area contributed by atoms with Gasteiger partial charge in [-0.2, -0.15) is 11.3 Å². The molecule has 2 N–H and O–H groups in total. The number of carbonyl (C=O) groups is 1. The molecule has 19 heavy (non-hydrogen) atoms. The first-order chi connectivity index (χ1) is 9.31. The van der Waals surface area contributed by atoms with E-state index in [4.69, 9.17) is 0 Å². The summed E-state index contributed by atoms with van der Waals surface area (Å²) in [6.45, 7) is 3.55. The van der Waals surface area contributed by atoms with Crippen molar-refractivity contribution < 1.29 is 4.79 Å². The van der Waals surface area contributed by atoms with Crippen molar-refractivity contribution in [3.8, 4) is 0 Å². The lowest BCUT2D eigenvalue weighted by Gasteiger charge is -2.11. The highest BCUT2D eigenvalue weighted by molar-refractivity contribution is 7.07. The van der Waals surface area contributed by atoms with Crippen LogP contribution in [0.2, 0.25) is 0 Å². The molecule has 0 atom stereocenters. The van der Waals surface area contributed by atoms with Gasteiger partial charge in [-0.3, -0.25) is 4.79 Å². The lowest BCUT2D eigenvalue weighted by molar-refractivity contribution is 0.0951. The second kappa shape index (κ2) is 6.95. The van der Waals surface area contributed by atoms with Crippen LogP contribution in [0.15, 0.2) is 41.1 Å². The third kappa shape index (κ3) is 3.83. The fourth-order valence-electron chi connectivity index (χ4n) is 1.77. The molecule has 2 aromatic rings. The number of hydrogen-bond acceptors (Lipinski definition) is 3. The molecule has 0 saturated carbocycles. The molecule has 1 aromatic carbocycles. The van der Waals surface area contributed by atoms with Gasteiger partial charge in [-0.25, -0.2) is 0 Å². The molecule has 0 bridgehead atoms. The Morgan fingerprint density at radius 3 is 2.84 bits per heavy atom. The van der Waals surface area contributed by atoms with E-state index in [0.29, 0.717) is 12.1 Å². The molecule has 0 spiro atoms. The quantitative estimate of drug-likeness (QED) is 0.846. The van der Waals surface area contributed by atoms with Crippen LogP contribution in [0.4, 0.5) is 5.69 Å². The second-order valence-electron chi connectivity index (χ2n) is 4.29. The van der Waals surface area contributed by atoms with E-state index < -0.39 is 0 Å². The van der Waals surface area contributed by atoms with E-state index in [1.807, 2.05) is 41.1 Å². The maximum atomic E-state index is 12.2. The van der Waals surface area contributed by atoms with E-state index in [-0.39, 0.29) is 5.91 Å². The van der Waals surface area contributed by atoms with Crippen LogP contribution in [0.1, 0.15) is 29.3 Å². The van der Waals surface area contributed by atoms with Crippen molar-refractivity contribution in [3.63, 3.8) is 0 Å². The first-order valence-corrected chi connectivity index (χ1v) is 7.37. The Labute approximate surface area is 117 Å². The molecule has 0 aliphatic carbocycles. The van der Waals surface area contributed by atoms with Crippen LogP contribution in [0.5, 0.6) is 0 Å². The highest BCUT2D eigenvalue weighted by Crippen LogP contribution is 2.15. The minimum Gasteiger partial charge on any atom is -0.384 e. The summed E-state index contributed by atoms with van der Waals surface area (Å²) in [5, 5.41) is 10.3. The van der Waals surface area contributed by atoms with Gasteiger partial charge in [0.25, 0.3) is 5.91 Å². The molecule has 1 amide bonds. The molecule has 0 saturated heterocycles. The number of carbonyl (C=O) groups excluding carboxylic acids is 1. The van der Waals surface area contributed by atoms with E-state index in [1.165, 1.54) is 0 Å². The molecular formula is C15H18N2OS. The Balaban J connectivity index is 2.01. The number of nitrogens with one attached hydrogen (secondary N) is 2. The zero-order valence-corrected chi connectivity index (χ0v) is 11.8. The SMILES string of the molecule is CCCNc1ccccc1C(=O)NCc1ccsc1. The minimum absolute atomic E-state index is 0.0367. The Morgan fingerprint density at radius 2 is 2.11 bits per heavy atom. The average Bonchev–Trinajstić information content (AvgIpc) is 2.96. The number of rotatable bonds is 6. The van der Waals surface area contributed by atoms with Gasteiger partial charge in [0.1, 0.15) is 0 Å². The summed E-state index contributed by atoms with van der Waals surface area (Å²) >= 11 is 1.64. The number of amides is 1. The van der Waals surface area contributed by atoms with Gasteiger partial charge in [-0.15, -0.1) is 0 Å². The summed E-state index contributed by atoms with van der Waals surface area (Å²) in [6, 6.07) is 9.63. The average molecular weight is 274 g/mol. The smallest absolute Gasteiger partial charge is 0.253 e. The predicted molar refractivity (Wildman–Crippen MR) is 80.7 cm³/mol. The van der Waals surface area contributed by atoms with Crippen LogP contribution in [-0.2, 0) is 6.54 Å². The number of thiophene rings is 1. The van der Waals surface area contributed by atoms with Crippen molar-refractivity contribution in [2.45, 2.75) is 19.9 Å². The second-order valence-corrected chi connectivity index (χ2v) is 5.07. The van der Waals surface area contributed by atoms with Crippen molar-refractivity contribution in [3.05, 3.63) is 52.2 Å². The molecule has 2 rings (SSSR count). The van der Waals surface area contributed by atoms with Crippen LogP contribution >= 0.6 is 11.3 Å². The van der Waals surface area contributed by atoms with Crippen molar-refractivity contribution in [2.75, 3.05) is 11.9 Å². The topological polar surface area (TPSA) is 41.1 Å². The Morgan fingerprint density at radius 1 is 1.26 bits per heavy atom. The van der Waals surface area contributed by atoms with Gasteiger partial charge in [-0.1, -0.05) is 19.1 Å². The molecule has 3 nitrogen and oxygen atoms in total. The molecule has 0 fully saturated rings. The van der Waals surface area contributed by atoms with Gasteiger partial charge in [0.2, 0.25) is 0 Å². The Hall–Kier alpha value is -1.81. The van der Waals surface area contributed by atoms with E-state index in [1.54, 1.807) is 11.3 Å². The summed E-state index contributed by atoms with van der Waals surface area (Å²) in [4.78, 5) is 12.2. The van der Waals surface area contributed by atoms with E-state index in [9.17, 15) is 4.79 Å². The van der Waals surface area contributed by atoms with Crippen molar-refractivity contribution in [1.29, 1.82) is 0 Å². The maximum absolute atomic E-state index is 12.2. The molecule has 0 aliphatic rings. The predicted octanol–water partition coefficient (Wildman–Crippen LogP) is 3.50. The van der Waals surface area contributed by atoms with Crippen LogP contribution in [0.25, 0.3) is 0 Å². The maximum Gasteiger partial charge on any atom is 0.253 e. The molecule has 1 heterocycles. The lowest BCUT2D eigenvalue weighted by atomic mass is 10.1. The summed E-state index contributed by atoms with van der Waals surface area (Å²) in [7, 11) is 0. The first-order valence-electron chi connectivity index (χ1n) is 6.43. The highest BCUT2D eigenvalue weighted by Gasteiger charge is 2.09. The van der Waals surface area contributed by atoms with E-state index in [2.05, 4.69) is 17.6 Å². The van der Waals surface area contributed by atoms with Gasteiger partial charge in [0, 0.05) is 18.8 Å². The Kier molecular flexibility index (Phi) is 4.98. The molecule has 0 aliphatic heterocycles. The third-order valence-electron chi connectivity index (χ3n) is 2.77. The van der Waals surface area contributed by atoms with Gasteiger partial charge in [-0.05, 0) is 40.9 Å². The number of para-hydroxylation sites is 1. The van der Waals surface area contributed by atoms with Crippen LogP contribution in [-0.4, -0.2) is 12.5 Å².